The van der Waals surface area contributed by atoms with E-state index < -0.39 is 4.92 Å². The molecule has 1 N–H and O–H groups in total. The van der Waals surface area contributed by atoms with Crippen molar-refractivity contribution in [3.8, 4) is 11.3 Å². The molecule has 106 valence electrons. The van der Waals surface area contributed by atoms with E-state index in [4.69, 9.17) is 0 Å². The van der Waals surface area contributed by atoms with Gasteiger partial charge in [-0.05, 0) is 13.3 Å². The Kier molecular flexibility index (Phi) is 4.24. The average Bonchev–Trinajstić information content (AvgIpc) is 2.93. The predicted octanol–water partition coefficient (Wildman–Crippen LogP) is 2.09. The lowest BCUT2D eigenvalue weighted by Gasteiger charge is -2.04. The molecule has 2 aromatic rings. The lowest BCUT2D eigenvalue weighted by molar-refractivity contribution is -0.384. The monoisotopic (exact) mass is 276 g/mol. The van der Waals surface area contributed by atoms with Crippen molar-refractivity contribution in [2.75, 3.05) is 11.9 Å². The summed E-state index contributed by atoms with van der Waals surface area (Å²) in [6.07, 6.45) is 5.45. The summed E-state index contributed by atoms with van der Waals surface area (Å²) in [5, 5.41) is 18.2. The van der Waals surface area contributed by atoms with Crippen LogP contribution in [0.2, 0.25) is 0 Å². The van der Waals surface area contributed by atoms with Gasteiger partial charge in [0.05, 0.1) is 11.1 Å². The second kappa shape index (κ2) is 6.09. The molecule has 0 unspecified atom stereocenters. The second-order valence-electron chi connectivity index (χ2n) is 4.20. The normalized spacial score (nSPS) is 10.5. The molecular weight excluding hydrogens is 260 g/mol. The SMILES string of the molecule is CCCNc1ncc([N+](=O)[O-])c(-c2cnn(CC)c2)n1. The van der Waals surface area contributed by atoms with E-state index in [1.165, 1.54) is 6.20 Å². The summed E-state index contributed by atoms with van der Waals surface area (Å²) in [6.45, 7) is 5.37. The fraction of sp³-hybridized carbons (Fsp3) is 0.417. The minimum Gasteiger partial charge on any atom is -0.354 e. The number of nitrogens with zero attached hydrogens (tertiary/aromatic N) is 5. The molecule has 0 fully saturated rings. The van der Waals surface area contributed by atoms with Crippen LogP contribution in [0.4, 0.5) is 11.6 Å². The predicted molar refractivity (Wildman–Crippen MR) is 74.4 cm³/mol. The second-order valence-corrected chi connectivity index (χ2v) is 4.20. The van der Waals surface area contributed by atoms with Gasteiger partial charge >= 0.3 is 5.69 Å². The van der Waals surface area contributed by atoms with E-state index in [0.717, 1.165) is 6.42 Å². The molecule has 2 aromatic heterocycles. The van der Waals surface area contributed by atoms with Crippen LogP contribution in [0.5, 0.6) is 0 Å². The highest BCUT2D eigenvalue weighted by molar-refractivity contribution is 5.68. The molecule has 8 nitrogen and oxygen atoms in total. The quantitative estimate of drug-likeness (QED) is 0.640. The van der Waals surface area contributed by atoms with E-state index in [-0.39, 0.29) is 11.4 Å². The molecule has 2 rings (SSSR count). The van der Waals surface area contributed by atoms with Gasteiger partial charge in [0.25, 0.3) is 0 Å². The molecule has 20 heavy (non-hydrogen) atoms. The van der Waals surface area contributed by atoms with Crippen LogP contribution < -0.4 is 5.32 Å². The molecule has 0 spiro atoms. The Morgan fingerprint density at radius 2 is 2.20 bits per heavy atom. The van der Waals surface area contributed by atoms with E-state index in [1.807, 2.05) is 13.8 Å². The van der Waals surface area contributed by atoms with Crippen molar-refractivity contribution in [3.63, 3.8) is 0 Å². The summed E-state index contributed by atoms with van der Waals surface area (Å²) in [5.74, 6) is 0.386. The third-order valence-electron chi connectivity index (χ3n) is 2.73. The zero-order valence-electron chi connectivity index (χ0n) is 11.4. The minimum absolute atomic E-state index is 0.122. The van der Waals surface area contributed by atoms with Crippen LogP contribution in [0.1, 0.15) is 20.3 Å². The molecule has 0 radical (unpaired) electrons. The first-order chi connectivity index (χ1) is 9.65. The first-order valence-corrected chi connectivity index (χ1v) is 6.43. The van der Waals surface area contributed by atoms with Crippen molar-refractivity contribution >= 4 is 11.6 Å². The maximum atomic E-state index is 11.1. The van der Waals surface area contributed by atoms with Gasteiger partial charge in [-0.25, -0.2) is 9.97 Å². The van der Waals surface area contributed by atoms with E-state index in [1.54, 1.807) is 17.1 Å². The van der Waals surface area contributed by atoms with Gasteiger partial charge in [0, 0.05) is 24.8 Å². The molecule has 8 heteroatoms. The molecule has 0 saturated carbocycles. The number of hydrogen-bond donors (Lipinski definition) is 1. The van der Waals surface area contributed by atoms with Crippen molar-refractivity contribution in [1.82, 2.24) is 19.7 Å². The summed E-state index contributed by atoms with van der Waals surface area (Å²) in [6, 6.07) is 0. The molecule has 0 aliphatic rings. The maximum absolute atomic E-state index is 11.1. The average molecular weight is 276 g/mol. The lowest BCUT2D eigenvalue weighted by atomic mass is 10.2. The summed E-state index contributed by atoms with van der Waals surface area (Å²) in [4.78, 5) is 18.8. The van der Waals surface area contributed by atoms with E-state index in [2.05, 4.69) is 20.4 Å². The summed E-state index contributed by atoms with van der Waals surface area (Å²) < 4.78 is 1.69. The van der Waals surface area contributed by atoms with Crippen molar-refractivity contribution in [3.05, 3.63) is 28.7 Å². The van der Waals surface area contributed by atoms with Crippen LogP contribution >= 0.6 is 0 Å². The number of nitrogens with one attached hydrogen (secondary N) is 1. The van der Waals surface area contributed by atoms with Gasteiger partial charge in [0.1, 0.15) is 6.20 Å². The number of hydrogen-bond acceptors (Lipinski definition) is 6. The van der Waals surface area contributed by atoms with Crippen LogP contribution in [0.15, 0.2) is 18.6 Å². The van der Waals surface area contributed by atoms with Crippen LogP contribution in [0, 0.1) is 10.1 Å². The summed E-state index contributed by atoms with van der Waals surface area (Å²) >= 11 is 0. The summed E-state index contributed by atoms with van der Waals surface area (Å²) in [5.41, 5.74) is 0.770. The van der Waals surface area contributed by atoms with Crippen LogP contribution in [-0.4, -0.2) is 31.2 Å². The summed E-state index contributed by atoms with van der Waals surface area (Å²) in [7, 11) is 0. The molecular formula is C12H16N6O2. The van der Waals surface area contributed by atoms with Crippen molar-refractivity contribution < 1.29 is 4.92 Å². The maximum Gasteiger partial charge on any atom is 0.313 e. The molecule has 0 atom stereocenters. The zero-order valence-corrected chi connectivity index (χ0v) is 11.4. The van der Waals surface area contributed by atoms with Crippen LogP contribution in [0.3, 0.4) is 0 Å². The standard InChI is InChI=1S/C12H16N6O2/c1-3-5-13-12-14-7-10(18(19)20)11(16-12)9-6-15-17(4-2)8-9/h6-8H,3-5H2,1-2H3,(H,13,14,16). The largest absolute Gasteiger partial charge is 0.354 e. The fourth-order valence-electron chi connectivity index (χ4n) is 1.70. The fourth-order valence-corrected chi connectivity index (χ4v) is 1.70. The van der Waals surface area contributed by atoms with Crippen molar-refractivity contribution in [1.29, 1.82) is 0 Å². The van der Waals surface area contributed by atoms with Gasteiger partial charge < -0.3 is 5.32 Å². The lowest BCUT2D eigenvalue weighted by Crippen LogP contribution is -2.06. The Morgan fingerprint density at radius 3 is 2.80 bits per heavy atom. The Bertz CT molecular complexity index is 610. The first-order valence-electron chi connectivity index (χ1n) is 6.43. The minimum atomic E-state index is -0.484. The third kappa shape index (κ3) is 2.90. The number of anilines is 1. The molecule has 0 aliphatic carbocycles. The van der Waals surface area contributed by atoms with Gasteiger partial charge in [0.15, 0.2) is 5.69 Å². The highest BCUT2D eigenvalue weighted by atomic mass is 16.6. The van der Waals surface area contributed by atoms with Gasteiger partial charge in [-0.3, -0.25) is 14.8 Å². The Balaban J connectivity index is 2.43. The molecule has 0 aliphatic heterocycles. The topological polar surface area (TPSA) is 98.8 Å². The smallest absolute Gasteiger partial charge is 0.313 e. The third-order valence-corrected chi connectivity index (χ3v) is 2.73. The number of nitro groups is 1. The first kappa shape index (κ1) is 13.9. The van der Waals surface area contributed by atoms with E-state index in [9.17, 15) is 10.1 Å². The van der Waals surface area contributed by atoms with E-state index in [0.29, 0.717) is 24.6 Å². The van der Waals surface area contributed by atoms with Gasteiger partial charge in [-0.15, -0.1) is 0 Å². The number of rotatable bonds is 6. The number of aryl methyl sites for hydroxylation is 1. The van der Waals surface area contributed by atoms with Gasteiger partial charge in [0.2, 0.25) is 5.95 Å². The molecule has 2 heterocycles. The zero-order chi connectivity index (χ0) is 14.5. The van der Waals surface area contributed by atoms with Crippen molar-refractivity contribution in [2.24, 2.45) is 0 Å². The molecule has 0 bridgehead atoms. The Morgan fingerprint density at radius 1 is 1.40 bits per heavy atom. The molecule has 0 amide bonds. The molecule has 0 aromatic carbocycles. The highest BCUT2D eigenvalue weighted by Crippen LogP contribution is 2.27. The van der Waals surface area contributed by atoms with Crippen LogP contribution in [-0.2, 0) is 6.54 Å². The van der Waals surface area contributed by atoms with Gasteiger partial charge in [-0.1, -0.05) is 6.92 Å². The van der Waals surface area contributed by atoms with Crippen LogP contribution in [0.25, 0.3) is 11.3 Å². The Labute approximate surface area is 116 Å². The van der Waals surface area contributed by atoms with Crippen molar-refractivity contribution in [2.45, 2.75) is 26.8 Å². The molecule has 0 saturated heterocycles. The highest BCUT2D eigenvalue weighted by Gasteiger charge is 2.20. The van der Waals surface area contributed by atoms with E-state index >= 15 is 0 Å². The van der Waals surface area contributed by atoms with Gasteiger partial charge in [-0.2, -0.15) is 5.10 Å². The Hall–Kier alpha value is -2.51. The number of aromatic nitrogens is 4.